The average Bonchev–Trinajstić information content (AvgIpc) is 2.52. The van der Waals surface area contributed by atoms with E-state index in [2.05, 4.69) is 34.2 Å². The fraction of sp³-hybridized carbons (Fsp3) is 0.188. The molecule has 0 aliphatic carbocycles. The molecule has 0 radical (unpaired) electrons. The molecule has 5 heteroatoms. The Hall–Kier alpha value is -2.14. The van der Waals surface area contributed by atoms with Gasteiger partial charge in [0.15, 0.2) is 0 Å². The van der Waals surface area contributed by atoms with Gasteiger partial charge in [0.25, 0.3) is 0 Å². The first kappa shape index (κ1) is 13.8. The van der Waals surface area contributed by atoms with Gasteiger partial charge in [0, 0.05) is 21.9 Å². The lowest BCUT2D eigenvalue weighted by molar-refractivity contribution is 0.321. The first-order valence-corrected chi connectivity index (χ1v) is 7.80. The summed E-state index contributed by atoms with van der Waals surface area (Å²) in [4.78, 5) is 10.2. The van der Waals surface area contributed by atoms with Crippen molar-refractivity contribution in [2.45, 2.75) is 18.2 Å². The van der Waals surface area contributed by atoms with E-state index in [1.54, 1.807) is 18.0 Å². The second kappa shape index (κ2) is 6.10. The van der Waals surface area contributed by atoms with Crippen molar-refractivity contribution in [3.8, 4) is 0 Å². The molecule has 0 amide bonds. The van der Waals surface area contributed by atoms with Crippen LogP contribution < -0.4 is 0 Å². The van der Waals surface area contributed by atoms with E-state index in [9.17, 15) is 0 Å². The molecule has 21 heavy (non-hydrogen) atoms. The van der Waals surface area contributed by atoms with Crippen LogP contribution in [0, 0.1) is 0 Å². The molecule has 0 spiro atoms. The van der Waals surface area contributed by atoms with Crippen molar-refractivity contribution in [3.05, 3.63) is 42.2 Å². The zero-order valence-corrected chi connectivity index (χ0v) is 12.5. The lowest BCUT2D eigenvalue weighted by Gasteiger charge is -2.09. The lowest BCUT2D eigenvalue weighted by atomic mass is 10.1. The number of rotatable bonds is 4. The van der Waals surface area contributed by atoms with E-state index < -0.39 is 0 Å². The van der Waals surface area contributed by atoms with Crippen LogP contribution in [-0.4, -0.2) is 27.1 Å². The van der Waals surface area contributed by atoms with Crippen LogP contribution >= 0.6 is 11.8 Å². The summed E-state index contributed by atoms with van der Waals surface area (Å²) in [5, 5.41) is 14.0. The van der Waals surface area contributed by atoms with Crippen molar-refractivity contribution in [2.75, 3.05) is 5.75 Å². The Balaban J connectivity index is 2.31. The van der Waals surface area contributed by atoms with Crippen molar-refractivity contribution in [1.29, 1.82) is 0 Å². The van der Waals surface area contributed by atoms with E-state index in [-0.39, 0.29) is 0 Å². The minimum Gasteiger partial charge on any atom is -0.411 e. The van der Waals surface area contributed by atoms with E-state index in [1.807, 2.05) is 18.2 Å². The summed E-state index contributed by atoms with van der Waals surface area (Å²) in [6.45, 7) is 2.16. The SMILES string of the molecule is CCCSc1cc(C=NO)nc2c1ccc1cccnc12. The zero-order chi connectivity index (χ0) is 14.7. The maximum absolute atomic E-state index is 8.78. The molecule has 2 aromatic heterocycles. The highest BCUT2D eigenvalue weighted by Crippen LogP contribution is 2.31. The Morgan fingerprint density at radius 2 is 2.19 bits per heavy atom. The maximum atomic E-state index is 8.78. The Morgan fingerprint density at radius 1 is 1.29 bits per heavy atom. The van der Waals surface area contributed by atoms with E-state index in [4.69, 9.17) is 5.21 Å². The fourth-order valence-corrected chi connectivity index (χ4v) is 3.22. The summed E-state index contributed by atoms with van der Waals surface area (Å²) < 4.78 is 0. The molecule has 0 saturated carbocycles. The number of pyridine rings is 2. The summed E-state index contributed by atoms with van der Waals surface area (Å²) in [7, 11) is 0. The summed E-state index contributed by atoms with van der Waals surface area (Å²) >= 11 is 1.79. The Labute approximate surface area is 126 Å². The minimum atomic E-state index is 0.641. The van der Waals surface area contributed by atoms with Crippen LogP contribution in [0.2, 0.25) is 0 Å². The smallest absolute Gasteiger partial charge is 0.0983 e. The molecule has 106 valence electrons. The number of benzene rings is 1. The third-order valence-electron chi connectivity index (χ3n) is 3.18. The van der Waals surface area contributed by atoms with Gasteiger partial charge in [-0.05, 0) is 24.3 Å². The van der Waals surface area contributed by atoms with Crippen molar-refractivity contribution in [3.63, 3.8) is 0 Å². The van der Waals surface area contributed by atoms with Gasteiger partial charge in [-0.25, -0.2) is 4.98 Å². The second-order valence-electron chi connectivity index (χ2n) is 4.68. The molecule has 3 rings (SSSR count). The number of oxime groups is 1. The van der Waals surface area contributed by atoms with Gasteiger partial charge in [-0.1, -0.05) is 30.3 Å². The Morgan fingerprint density at radius 3 is 3.00 bits per heavy atom. The summed E-state index contributed by atoms with van der Waals surface area (Å²) in [6.07, 6.45) is 4.23. The van der Waals surface area contributed by atoms with E-state index in [1.165, 1.54) is 6.21 Å². The Bertz CT molecular complexity index is 817. The molecule has 0 bridgehead atoms. The number of nitrogens with zero attached hydrogens (tertiary/aromatic N) is 3. The third-order valence-corrected chi connectivity index (χ3v) is 4.45. The predicted octanol–water partition coefficient (Wildman–Crippen LogP) is 4.09. The van der Waals surface area contributed by atoms with Crippen LogP contribution in [0.4, 0.5) is 0 Å². The van der Waals surface area contributed by atoms with Crippen molar-refractivity contribution >= 4 is 39.8 Å². The average molecular weight is 297 g/mol. The number of thioether (sulfide) groups is 1. The fourth-order valence-electron chi connectivity index (χ4n) is 2.27. The first-order chi connectivity index (χ1) is 10.3. The molecular weight excluding hydrogens is 282 g/mol. The van der Waals surface area contributed by atoms with E-state index >= 15 is 0 Å². The summed E-state index contributed by atoms with van der Waals surface area (Å²) in [6, 6.07) is 10.1. The molecule has 2 heterocycles. The third kappa shape index (κ3) is 2.69. The molecule has 0 atom stereocenters. The molecule has 3 aromatic rings. The molecule has 0 saturated heterocycles. The van der Waals surface area contributed by atoms with Crippen LogP contribution in [0.25, 0.3) is 21.8 Å². The molecule has 0 aliphatic heterocycles. The number of hydrogen-bond acceptors (Lipinski definition) is 5. The van der Waals surface area contributed by atoms with Gasteiger partial charge < -0.3 is 5.21 Å². The van der Waals surface area contributed by atoms with Crippen LogP contribution in [0.3, 0.4) is 0 Å². The maximum Gasteiger partial charge on any atom is 0.0983 e. The summed E-state index contributed by atoms with van der Waals surface area (Å²) in [5.41, 5.74) is 2.37. The Kier molecular flexibility index (Phi) is 4.01. The van der Waals surface area contributed by atoms with Gasteiger partial charge in [0.2, 0.25) is 0 Å². The lowest BCUT2D eigenvalue weighted by Crippen LogP contribution is -1.94. The van der Waals surface area contributed by atoms with E-state index in [0.717, 1.165) is 38.9 Å². The van der Waals surface area contributed by atoms with Crippen LogP contribution in [0.1, 0.15) is 19.0 Å². The topological polar surface area (TPSA) is 58.4 Å². The number of fused-ring (bicyclic) bond motifs is 3. The molecule has 0 unspecified atom stereocenters. The van der Waals surface area contributed by atoms with Crippen LogP contribution in [0.15, 0.2) is 46.6 Å². The van der Waals surface area contributed by atoms with E-state index in [0.29, 0.717) is 5.69 Å². The molecule has 4 nitrogen and oxygen atoms in total. The molecule has 0 aliphatic rings. The van der Waals surface area contributed by atoms with Gasteiger partial charge >= 0.3 is 0 Å². The largest absolute Gasteiger partial charge is 0.411 e. The molecule has 1 aromatic carbocycles. The van der Waals surface area contributed by atoms with Gasteiger partial charge in [-0.3, -0.25) is 4.98 Å². The monoisotopic (exact) mass is 297 g/mol. The predicted molar refractivity (Wildman–Crippen MR) is 87.4 cm³/mol. The highest BCUT2D eigenvalue weighted by atomic mass is 32.2. The van der Waals surface area contributed by atoms with Gasteiger partial charge in [-0.2, -0.15) is 0 Å². The van der Waals surface area contributed by atoms with Gasteiger partial charge in [0.1, 0.15) is 0 Å². The van der Waals surface area contributed by atoms with Crippen molar-refractivity contribution in [2.24, 2.45) is 5.16 Å². The molecule has 0 fully saturated rings. The minimum absolute atomic E-state index is 0.641. The highest BCUT2D eigenvalue weighted by Gasteiger charge is 2.09. The molecule has 1 N–H and O–H groups in total. The van der Waals surface area contributed by atoms with Crippen LogP contribution in [0.5, 0.6) is 0 Å². The second-order valence-corrected chi connectivity index (χ2v) is 5.81. The quantitative estimate of drug-likeness (QED) is 0.259. The summed E-state index contributed by atoms with van der Waals surface area (Å²) in [5.74, 6) is 1.04. The van der Waals surface area contributed by atoms with Gasteiger partial charge in [-0.15, -0.1) is 11.8 Å². The standard InChI is InChI=1S/C16H15N3OS/c1-2-8-21-14-9-12(10-18-20)19-16-13(14)6-5-11-4-3-7-17-15(11)16/h3-7,9-10,20H,2,8H2,1H3. The normalized spacial score (nSPS) is 11.7. The van der Waals surface area contributed by atoms with Crippen molar-refractivity contribution in [1.82, 2.24) is 9.97 Å². The zero-order valence-electron chi connectivity index (χ0n) is 11.7. The van der Waals surface area contributed by atoms with Crippen molar-refractivity contribution < 1.29 is 5.21 Å². The number of hydrogen-bond donors (Lipinski definition) is 1. The molecular formula is C16H15N3OS. The van der Waals surface area contributed by atoms with Crippen LogP contribution in [-0.2, 0) is 0 Å². The highest BCUT2D eigenvalue weighted by molar-refractivity contribution is 7.99. The van der Waals surface area contributed by atoms with Gasteiger partial charge in [0.05, 0.1) is 22.9 Å². The first-order valence-electron chi connectivity index (χ1n) is 6.82. The number of aromatic nitrogens is 2.